The van der Waals surface area contributed by atoms with Crippen LogP contribution < -0.4 is 5.32 Å². The van der Waals surface area contributed by atoms with E-state index in [9.17, 15) is 4.79 Å². The van der Waals surface area contributed by atoms with Crippen LogP contribution in [-0.4, -0.2) is 26.7 Å². The minimum absolute atomic E-state index is 0.240. The summed E-state index contributed by atoms with van der Waals surface area (Å²) in [6, 6.07) is 4.92. The molecule has 0 aliphatic carbocycles. The van der Waals surface area contributed by atoms with Gasteiger partial charge in [-0.25, -0.2) is 0 Å². The topological polar surface area (TPSA) is 86.5 Å². The molecule has 0 radical (unpaired) electrons. The van der Waals surface area contributed by atoms with Crippen molar-refractivity contribution in [1.82, 2.24) is 20.1 Å². The highest BCUT2D eigenvalue weighted by Crippen LogP contribution is 2.25. The number of nitriles is 1. The third kappa shape index (κ3) is 3.43. The number of hydrogen-bond acceptors (Lipinski definition) is 5. The Hall–Kier alpha value is -1.98. The van der Waals surface area contributed by atoms with Gasteiger partial charge in [0.05, 0.1) is 10.9 Å². The van der Waals surface area contributed by atoms with Crippen LogP contribution in [0.3, 0.4) is 0 Å². The van der Waals surface area contributed by atoms with Crippen molar-refractivity contribution in [3.8, 4) is 16.8 Å². The van der Waals surface area contributed by atoms with Gasteiger partial charge in [0.2, 0.25) is 5.91 Å². The highest BCUT2D eigenvalue weighted by atomic mass is 32.1. The van der Waals surface area contributed by atoms with Gasteiger partial charge in [-0.1, -0.05) is 19.4 Å². The fraction of sp³-hybridized carbons (Fsp3) is 0.429. The number of rotatable bonds is 6. The van der Waals surface area contributed by atoms with Gasteiger partial charge in [-0.3, -0.25) is 14.5 Å². The molecule has 0 aliphatic heterocycles. The van der Waals surface area contributed by atoms with E-state index in [1.807, 2.05) is 24.4 Å². The molecule has 2 unspecified atom stereocenters. The molecule has 0 spiro atoms. The average Bonchev–Trinajstić information content (AvgIpc) is 3.14. The molecule has 2 rings (SSSR count). The van der Waals surface area contributed by atoms with Gasteiger partial charge in [0.15, 0.2) is 10.6 Å². The Kier molecular flexibility index (Phi) is 5.46. The monoisotopic (exact) mass is 335 g/mol. The van der Waals surface area contributed by atoms with E-state index in [-0.39, 0.29) is 5.91 Å². The summed E-state index contributed by atoms with van der Waals surface area (Å²) < 4.78 is 2.06. The first kappa shape index (κ1) is 16.4. The Balaban J connectivity index is 2.25. The van der Waals surface area contributed by atoms with Crippen molar-refractivity contribution in [3.63, 3.8) is 0 Å². The molecule has 2 N–H and O–H groups in total. The standard InChI is InChI=1S/C14H17N5OS2/c1-3-5-10(8-15)16-13(20)9(2)19-12(17-18-14(19)21)11-6-4-7-22-11/h4,6-7,9-10H,3,5H2,1-2H3,(H,16,20)(H,18,21). The number of nitrogens with one attached hydrogen (secondary N) is 2. The number of thiophene rings is 1. The number of carbonyl (C=O) groups excluding carboxylic acids is 1. The molecule has 22 heavy (non-hydrogen) atoms. The van der Waals surface area contributed by atoms with E-state index in [0.717, 1.165) is 11.3 Å². The van der Waals surface area contributed by atoms with Gasteiger partial charge in [0.1, 0.15) is 12.1 Å². The molecule has 2 aromatic heterocycles. The molecule has 1 amide bonds. The third-order valence-corrected chi connectivity index (χ3v) is 4.42. The van der Waals surface area contributed by atoms with Crippen LogP contribution in [0.15, 0.2) is 17.5 Å². The highest BCUT2D eigenvalue weighted by Gasteiger charge is 2.23. The van der Waals surface area contributed by atoms with E-state index in [1.54, 1.807) is 11.5 Å². The quantitative estimate of drug-likeness (QED) is 0.794. The SMILES string of the molecule is CCCC(C#N)NC(=O)C(C)n1c(-c2cccs2)n[nH]c1=S. The molecule has 2 atom stereocenters. The van der Waals surface area contributed by atoms with Gasteiger partial charge in [-0.05, 0) is 37.0 Å². The number of aromatic amines is 1. The molecule has 0 aliphatic rings. The second-order valence-corrected chi connectivity index (χ2v) is 6.19. The molecule has 0 saturated heterocycles. The van der Waals surface area contributed by atoms with Crippen LogP contribution in [-0.2, 0) is 4.79 Å². The van der Waals surface area contributed by atoms with Gasteiger partial charge >= 0.3 is 0 Å². The van der Waals surface area contributed by atoms with Crippen LogP contribution in [0.25, 0.3) is 10.7 Å². The van der Waals surface area contributed by atoms with Crippen molar-refractivity contribution < 1.29 is 4.79 Å². The number of H-pyrrole nitrogens is 1. The number of nitrogens with zero attached hydrogens (tertiary/aromatic N) is 3. The predicted octanol–water partition coefficient (Wildman–Crippen LogP) is 3.04. The molecular weight excluding hydrogens is 318 g/mol. The average molecular weight is 335 g/mol. The smallest absolute Gasteiger partial charge is 0.243 e. The molecule has 2 heterocycles. The second-order valence-electron chi connectivity index (χ2n) is 4.85. The van der Waals surface area contributed by atoms with Crippen LogP contribution in [0, 0.1) is 16.1 Å². The van der Waals surface area contributed by atoms with Gasteiger partial charge in [0, 0.05) is 0 Å². The van der Waals surface area contributed by atoms with Crippen LogP contribution in [0.4, 0.5) is 0 Å². The van der Waals surface area contributed by atoms with Crippen LogP contribution in [0.2, 0.25) is 0 Å². The van der Waals surface area contributed by atoms with E-state index in [0.29, 0.717) is 17.0 Å². The molecule has 116 valence electrons. The first-order chi connectivity index (χ1) is 10.6. The number of carbonyl (C=O) groups is 1. The maximum Gasteiger partial charge on any atom is 0.243 e. The fourth-order valence-corrected chi connectivity index (χ4v) is 3.11. The van der Waals surface area contributed by atoms with Crippen molar-refractivity contribution in [3.05, 3.63) is 22.3 Å². The molecule has 0 aromatic carbocycles. The lowest BCUT2D eigenvalue weighted by Crippen LogP contribution is -2.38. The van der Waals surface area contributed by atoms with E-state index >= 15 is 0 Å². The Bertz CT molecular complexity index is 725. The van der Waals surface area contributed by atoms with Gasteiger partial charge in [-0.2, -0.15) is 10.4 Å². The van der Waals surface area contributed by atoms with E-state index in [1.165, 1.54) is 11.3 Å². The van der Waals surface area contributed by atoms with Gasteiger partial charge < -0.3 is 5.32 Å². The van der Waals surface area contributed by atoms with Crippen LogP contribution >= 0.6 is 23.6 Å². The highest BCUT2D eigenvalue weighted by molar-refractivity contribution is 7.71. The first-order valence-corrected chi connectivity index (χ1v) is 8.28. The summed E-state index contributed by atoms with van der Waals surface area (Å²) >= 11 is 6.77. The summed E-state index contributed by atoms with van der Waals surface area (Å²) in [6.45, 7) is 3.72. The lowest BCUT2D eigenvalue weighted by molar-refractivity contribution is -0.124. The van der Waals surface area contributed by atoms with Crippen LogP contribution in [0.5, 0.6) is 0 Å². The molecule has 8 heteroatoms. The molecular formula is C14H17N5OS2. The number of amides is 1. The Labute approximate surface area is 137 Å². The Morgan fingerprint density at radius 3 is 3.05 bits per heavy atom. The first-order valence-electron chi connectivity index (χ1n) is 6.99. The third-order valence-electron chi connectivity index (χ3n) is 3.26. The van der Waals surface area contributed by atoms with Gasteiger partial charge in [-0.15, -0.1) is 11.3 Å². The van der Waals surface area contributed by atoms with Crippen molar-refractivity contribution >= 4 is 29.5 Å². The Morgan fingerprint density at radius 1 is 1.68 bits per heavy atom. The van der Waals surface area contributed by atoms with Crippen LogP contribution in [0.1, 0.15) is 32.7 Å². The van der Waals surface area contributed by atoms with E-state index in [2.05, 4.69) is 21.6 Å². The Morgan fingerprint density at radius 2 is 2.45 bits per heavy atom. The number of aromatic nitrogens is 3. The normalized spacial score (nSPS) is 13.3. The van der Waals surface area contributed by atoms with Crippen molar-refractivity contribution in [2.24, 2.45) is 0 Å². The zero-order valence-corrected chi connectivity index (χ0v) is 14.0. The van der Waals surface area contributed by atoms with Gasteiger partial charge in [0.25, 0.3) is 0 Å². The summed E-state index contributed by atoms with van der Waals surface area (Å²) in [5.74, 6) is 0.391. The second kappa shape index (κ2) is 7.33. The maximum atomic E-state index is 12.4. The lowest BCUT2D eigenvalue weighted by Gasteiger charge is -2.17. The van der Waals surface area contributed by atoms with Crippen molar-refractivity contribution in [1.29, 1.82) is 5.26 Å². The summed E-state index contributed by atoms with van der Waals surface area (Å²) in [4.78, 5) is 13.3. The largest absolute Gasteiger partial charge is 0.339 e. The van der Waals surface area contributed by atoms with E-state index in [4.69, 9.17) is 17.5 Å². The fourth-order valence-electron chi connectivity index (χ4n) is 2.11. The molecule has 0 bridgehead atoms. The van der Waals surface area contributed by atoms with Crippen molar-refractivity contribution in [2.75, 3.05) is 0 Å². The van der Waals surface area contributed by atoms with E-state index < -0.39 is 12.1 Å². The minimum atomic E-state index is -0.545. The summed E-state index contributed by atoms with van der Waals surface area (Å²) in [5, 5.41) is 20.7. The lowest BCUT2D eigenvalue weighted by atomic mass is 10.1. The molecule has 0 fully saturated rings. The summed E-state index contributed by atoms with van der Waals surface area (Å²) in [7, 11) is 0. The predicted molar refractivity (Wildman–Crippen MR) is 87.9 cm³/mol. The van der Waals surface area contributed by atoms with Crippen molar-refractivity contribution in [2.45, 2.75) is 38.8 Å². The zero-order chi connectivity index (χ0) is 16.1. The minimum Gasteiger partial charge on any atom is -0.339 e. The molecule has 2 aromatic rings. The summed E-state index contributed by atoms with van der Waals surface area (Å²) in [6.07, 6.45) is 1.46. The maximum absolute atomic E-state index is 12.4. The molecule has 0 saturated carbocycles. The zero-order valence-electron chi connectivity index (χ0n) is 12.4. The number of hydrogen-bond donors (Lipinski definition) is 2. The summed E-state index contributed by atoms with van der Waals surface area (Å²) in [5.41, 5.74) is 0. The molecule has 6 nitrogen and oxygen atoms in total.